The molecule has 1 aliphatic heterocycles. The molecule has 0 aromatic heterocycles. The highest BCUT2D eigenvalue weighted by molar-refractivity contribution is 5.98. The molecular weight excluding hydrogens is 368 g/mol. The Hall–Kier alpha value is -2.44. The molecule has 1 N–H and O–H groups in total. The van der Waals surface area contributed by atoms with Crippen molar-refractivity contribution in [2.24, 2.45) is 0 Å². The zero-order valence-corrected chi connectivity index (χ0v) is 16.5. The van der Waals surface area contributed by atoms with Gasteiger partial charge in [0, 0.05) is 25.2 Å². The number of carbonyl (C=O) groups is 1. The van der Waals surface area contributed by atoms with Crippen molar-refractivity contribution < 1.29 is 19.0 Å². The summed E-state index contributed by atoms with van der Waals surface area (Å²) in [5, 5.41) is 3.37. The van der Waals surface area contributed by atoms with Gasteiger partial charge in [0.1, 0.15) is 5.75 Å². The van der Waals surface area contributed by atoms with Gasteiger partial charge in [-0.15, -0.1) is 12.4 Å². The lowest BCUT2D eigenvalue weighted by Crippen LogP contribution is -2.48. The standard InChI is InChI=1S/C20H24N2O4.ClH/c1-24-17-9-5-4-7-14(17)16-13-21-11-12-22(16)20(23)15-8-6-10-18(25-2)19(15)26-3;/h4-10,16,21H,11-13H2,1-3H3;1H. The van der Waals surface area contributed by atoms with Gasteiger partial charge in [-0.1, -0.05) is 24.3 Å². The number of amides is 1. The Bertz CT molecular complexity index is 784. The van der Waals surface area contributed by atoms with Gasteiger partial charge in [-0.05, 0) is 18.2 Å². The summed E-state index contributed by atoms with van der Waals surface area (Å²) in [6, 6.07) is 13.0. The molecule has 2 aromatic carbocycles. The Kier molecular flexibility index (Phi) is 7.33. The van der Waals surface area contributed by atoms with Crippen LogP contribution >= 0.6 is 12.4 Å². The molecule has 1 aliphatic rings. The van der Waals surface area contributed by atoms with E-state index < -0.39 is 0 Å². The number of benzene rings is 2. The van der Waals surface area contributed by atoms with Gasteiger partial charge in [0.2, 0.25) is 0 Å². The molecular formula is C20H25ClN2O4. The Balaban J connectivity index is 0.00000261. The van der Waals surface area contributed by atoms with E-state index >= 15 is 0 Å². The molecule has 1 atom stereocenters. The number of methoxy groups -OCH3 is 3. The van der Waals surface area contributed by atoms with Crippen molar-refractivity contribution in [3.05, 3.63) is 53.6 Å². The van der Waals surface area contributed by atoms with E-state index in [0.29, 0.717) is 30.2 Å². The molecule has 7 heteroatoms. The van der Waals surface area contributed by atoms with Crippen LogP contribution in [0.4, 0.5) is 0 Å². The first kappa shape index (κ1) is 20.9. The third kappa shape index (κ3) is 4.12. The molecule has 0 saturated carbocycles. The summed E-state index contributed by atoms with van der Waals surface area (Å²) < 4.78 is 16.3. The van der Waals surface area contributed by atoms with Crippen molar-refractivity contribution in [1.82, 2.24) is 10.2 Å². The number of piperazine rings is 1. The quantitative estimate of drug-likeness (QED) is 0.847. The summed E-state index contributed by atoms with van der Waals surface area (Å²) in [4.78, 5) is 15.2. The van der Waals surface area contributed by atoms with Crippen molar-refractivity contribution in [1.29, 1.82) is 0 Å². The third-order valence-corrected chi connectivity index (χ3v) is 4.64. The van der Waals surface area contributed by atoms with Crippen molar-refractivity contribution in [2.75, 3.05) is 41.0 Å². The summed E-state index contributed by atoms with van der Waals surface area (Å²) in [7, 11) is 4.75. The highest BCUT2D eigenvalue weighted by Crippen LogP contribution is 2.35. The number of hydrogen-bond acceptors (Lipinski definition) is 5. The molecule has 146 valence electrons. The number of halogens is 1. The van der Waals surface area contributed by atoms with Crippen LogP contribution in [0.1, 0.15) is 22.0 Å². The maximum Gasteiger partial charge on any atom is 0.258 e. The molecule has 0 spiro atoms. The number of nitrogens with zero attached hydrogens (tertiary/aromatic N) is 1. The number of para-hydroxylation sites is 2. The van der Waals surface area contributed by atoms with E-state index in [0.717, 1.165) is 17.9 Å². The number of rotatable bonds is 5. The van der Waals surface area contributed by atoms with Crippen molar-refractivity contribution in [3.63, 3.8) is 0 Å². The average molecular weight is 393 g/mol. The van der Waals surface area contributed by atoms with E-state index in [4.69, 9.17) is 14.2 Å². The molecule has 2 aromatic rings. The molecule has 1 amide bonds. The van der Waals surface area contributed by atoms with Crippen LogP contribution in [-0.2, 0) is 0 Å². The Morgan fingerprint density at radius 1 is 1.00 bits per heavy atom. The minimum Gasteiger partial charge on any atom is -0.496 e. The third-order valence-electron chi connectivity index (χ3n) is 4.64. The highest BCUT2D eigenvalue weighted by atomic mass is 35.5. The summed E-state index contributed by atoms with van der Waals surface area (Å²) in [5.41, 5.74) is 1.48. The molecule has 0 radical (unpaired) electrons. The molecule has 1 heterocycles. The zero-order valence-electron chi connectivity index (χ0n) is 15.7. The van der Waals surface area contributed by atoms with Crippen LogP contribution in [0.3, 0.4) is 0 Å². The number of nitrogens with one attached hydrogen (secondary N) is 1. The summed E-state index contributed by atoms with van der Waals surface area (Å²) in [6.07, 6.45) is 0. The largest absolute Gasteiger partial charge is 0.496 e. The smallest absolute Gasteiger partial charge is 0.258 e. The Labute approximate surface area is 165 Å². The summed E-state index contributed by atoms with van der Waals surface area (Å²) in [5.74, 6) is 1.69. The van der Waals surface area contributed by atoms with Gasteiger partial charge < -0.3 is 24.4 Å². The normalized spacial score (nSPS) is 16.3. The number of ether oxygens (including phenoxy) is 3. The maximum absolute atomic E-state index is 13.4. The van der Waals surface area contributed by atoms with Crippen LogP contribution in [0.25, 0.3) is 0 Å². The summed E-state index contributed by atoms with van der Waals surface area (Å²) >= 11 is 0. The van der Waals surface area contributed by atoms with Crippen LogP contribution in [0.15, 0.2) is 42.5 Å². The van der Waals surface area contributed by atoms with Gasteiger partial charge in [0.15, 0.2) is 11.5 Å². The Morgan fingerprint density at radius 3 is 2.41 bits per heavy atom. The first-order valence-corrected chi connectivity index (χ1v) is 8.56. The molecule has 27 heavy (non-hydrogen) atoms. The second-order valence-corrected chi connectivity index (χ2v) is 6.00. The molecule has 0 aliphatic carbocycles. The molecule has 6 nitrogen and oxygen atoms in total. The lowest BCUT2D eigenvalue weighted by atomic mass is 10.0. The van der Waals surface area contributed by atoms with Crippen LogP contribution < -0.4 is 19.5 Å². The van der Waals surface area contributed by atoms with Gasteiger partial charge >= 0.3 is 0 Å². The lowest BCUT2D eigenvalue weighted by Gasteiger charge is -2.37. The molecule has 0 bridgehead atoms. The van der Waals surface area contributed by atoms with E-state index in [1.54, 1.807) is 39.5 Å². The van der Waals surface area contributed by atoms with Crippen LogP contribution in [0.5, 0.6) is 17.2 Å². The maximum atomic E-state index is 13.4. The number of carbonyl (C=O) groups excluding carboxylic acids is 1. The van der Waals surface area contributed by atoms with Gasteiger partial charge in [0.25, 0.3) is 5.91 Å². The molecule has 1 saturated heterocycles. The van der Waals surface area contributed by atoms with E-state index in [2.05, 4.69) is 5.32 Å². The fourth-order valence-electron chi connectivity index (χ4n) is 3.38. The van der Waals surface area contributed by atoms with Gasteiger partial charge in [-0.2, -0.15) is 0 Å². The van der Waals surface area contributed by atoms with Crippen LogP contribution in [0.2, 0.25) is 0 Å². The predicted octanol–water partition coefficient (Wildman–Crippen LogP) is 2.92. The molecule has 1 fully saturated rings. The monoisotopic (exact) mass is 392 g/mol. The first-order chi connectivity index (χ1) is 12.7. The minimum atomic E-state index is -0.122. The molecule has 3 rings (SSSR count). The van der Waals surface area contributed by atoms with Crippen molar-refractivity contribution in [2.45, 2.75) is 6.04 Å². The van der Waals surface area contributed by atoms with Gasteiger partial charge in [-0.3, -0.25) is 4.79 Å². The second kappa shape index (κ2) is 9.48. The topological polar surface area (TPSA) is 60.0 Å². The first-order valence-electron chi connectivity index (χ1n) is 8.56. The van der Waals surface area contributed by atoms with Gasteiger partial charge in [0.05, 0.1) is 32.9 Å². The second-order valence-electron chi connectivity index (χ2n) is 6.00. The highest BCUT2D eigenvalue weighted by Gasteiger charge is 2.32. The van der Waals surface area contributed by atoms with E-state index in [9.17, 15) is 4.79 Å². The lowest BCUT2D eigenvalue weighted by molar-refractivity contribution is 0.0627. The zero-order chi connectivity index (χ0) is 18.5. The fraction of sp³-hybridized carbons (Fsp3) is 0.350. The van der Waals surface area contributed by atoms with Crippen molar-refractivity contribution >= 4 is 18.3 Å². The fourth-order valence-corrected chi connectivity index (χ4v) is 3.38. The van der Waals surface area contributed by atoms with E-state index in [1.807, 2.05) is 29.2 Å². The van der Waals surface area contributed by atoms with E-state index in [1.165, 1.54) is 0 Å². The summed E-state index contributed by atoms with van der Waals surface area (Å²) in [6.45, 7) is 2.00. The van der Waals surface area contributed by atoms with Crippen molar-refractivity contribution in [3.8, 4) is 17.2 Å². The molecule has 1 unspecified atom stereocenters. The Morgan fingerprint density at radius 2 is 1.70 bits per heavy atom. The average Bonchev–Trinajstić information content (AvgIpc) is 2.72. The number of hydrogen-bond donors (Lipinski definition) is 1. The van der Waals surface area contributed by atoms with Gasteiger partial charge in [-0.25, -0.2) is 0 Å². The van der Waals surface area contributed by atoms with Crippen LogP contribution in [0, 0.1) is 0 Å². The predicted molar refractivity (Wildman–Crippen MR) is 106 cm³/mol. The SMILES string of the molecule is COc1ccccc1C1CNCCN1C(=O)c1cccc(OC)c1OC.Cl. The minimum absolute atomic E-state index is 0. The van der Waals surface area contributed by atoms with Crippen LogP contribution in [-0.4, -0.2) is 51.8 Å². The van der Waals surface area contributed by atoms with E-state index in [-0.39, 0.29) is 24.4 Å².